The van der Waals surface area contributed by atoms with Gasteiger partial charge in [0.2, 0.25) is 27.7 Å². The molecule has 2 fully saturated rings. The number of benzene rings is 2. The fourth-order valence-corrected chi connectivity index (χ4v) is 7.88. The van der Waals surface area contributed by atoms with Crippen LogP contribution in [0.2, 0.25) is 5.15 Å². The molecule has 0 bridgehead atoms. The number of aromatic nitrogens is 1. The number of halogens is 1. The van der Waals surface area contributed by atoms with Crippen molar-refractivity contribution in [3.8, 4) is 11.6 Å². The average molecular weight is 766 g/mol. The summed E-state index contributed by atoms with van der Waals surface area (Å²) in [7, 11) is -3.91. The van der Waals surface area contributed by atoms with Gasteiger partial charge in [0.05, 0.1) is 5.25 Å². The van der Waals surface area contributed by atoms with Crippen molar-refractivity contribution in [2.75, 3.05) is 0 Å². The molecule has 3 aliphatic rings. The first-order valence-corrected chi connectivity index (χ1v) is 19.7. The monoisotopic (exact) mass is 765 g/mol. The first-order valence-electron chi connectivity index (χ1n) is 17.8. The smallest absolute Gasteiger partial charge is 0.408 e. The average Bonchev–Trinajstić information content (AvgIpc) is 4.02. The maximum absolute atomic E-state index is 14.3. The SMILES string of the molecule is CC(C)(C)OC(=O)N[C@H]1CCCCC/C=C/[C@@H]2C[C@@]2(C(=O)NS(=O)(=O)C2CC2)NC(=O)[C@H](c2ccc(Oc3nc(Cl)cc4ccccc34)cc2)NC1=O. The molecule has 1 aromatic heterocycles. The molecular formula is C38H44ClN5O8S. The van der Waals surface area contributed by atoms with Crippen molar-refractivity contribution in [3.63, 3.8) is 0 Å². The van der Waals surface area contributed by atoms with Gasteiger partial charge in [0.25, 0.3) is 5.91 Å². The number of sulfonamides is 1. The summed E-state index contributed by atoms with van der Waals surface area (Å²) in [5, 5.41) is 9.42. The van der Waals surface area contributed by atoms with Gasteiger partial charge >= 0.3 is 6.09 Å². The summed E-state index contributed by atoms with van der Waals surface area (Å²) >= 11 is 6.25. The Hall–Kier alpha value is -4.69. The number of fused-ring (bicyclic) bond motifs is 2. The molecule has 0 radical (unpaired) electrons. The summed E-state index contributed by atoms with van der Waals surface area (Å²) in [4.78, 5) is 59.0. The fraction of sp³-hybridized carbons (Fsp3) is 0.447. The van der Waals surface area contributed by atoms with Gasteiger partial charge in [-0.05, 0) is 94.5 Å². The lowest BCUT2D eigenvalue weighted by atomic mass is 10.0. The van der Waals surface area contributed by atoms with Crippen molar-refractivity contribution in [2.45, 2.75) is 101 Å². The van der Waals surface area contributed by atoms with Crippen LogP contribution in [0.15, 0.2) is 66.7 Å². The molecule has 2 aliphatic carbocycles. The van der Waals surface area contributed by atoms with Crippen molar-refractivity contribution in [3.05, 3.63) is 77.5 Å². The highest BCUT2D eigenvalue weighted by Crippen LogP contribution is 2.46. The van der Waals surface area contributed by atoms with Crippen LogP contribution in [0.3, 0.4) is 0 Å². The minimum Gasteiger partial charge on any atom is -0.444 e. The molecule has 1 aliphatic heterocycles. The quantitative estimate of drug-likeness (QED) is 0.172. The summed E-state index contributed by atoms with van der Waals surface area (Å²) in [6, 6.07) is 13.2. The van der Waals surface area contributed by atoms with Gasteiger partial charge in [-0.15, -0.1) is 0 Å². The molecule has 15 heteroatoms. The maximum Gasteiger partial charge on any atom is 0.408 e. The Morgan fingerprint density at radius 2 is 1.72 bits per heavy atom. The molecule has 4 atom stereocenters. The van der Waals surface area contributed by atoms with Gasteiger partial charge in [-0.2, -0.15) is 0 Å². The van der Waals surface area contributed by atoms with Gasteiger partial charge in [0.1, 0.15) is 34.1 Å². The predicted molar refractivity (Wildman–Crippen MR) is 199 cm³/mol. The van der Waals surface area contributed by atoms with E-state index in [0.717, 1.165) is 23.6 Å². The van der Waals surface area contributed by atoms with Crippen LogP contribution in [-0.4, -0.2) is 59.6 Å². The van der Waals surface area contributed by atoms with Crippen molar-refractivity contribution in [2.24, 2.45) is 5.92 Å². The Morgan fingerprint density at radius 3 is 2.43 bits per heavy atom. The summed E-state index contributed by atoms with van der Waals surface area (Å²) in [5.74, 6) is -2.01. The largest absolute Gasteiger partial charge is 0.444 e. The summed E-state index contributed by atoms with van der Waals surface area (Å²) in [6.45, 7) is 5.13. The van der Waals surface area contributed by atoms with E-state index >= 15 is 0 Å². The molecule has 13 nitrogen and oxygen atoms in total. The predicted octanol–water partition coefficient (Wildman–Crippen LogP) is 5.73. The molecule has 2 aromatic carbocycles. The zero-order valence-electron chi connectivity index (χ0n) is 29.8. The van der Waals surface area contributed by atoms with Crippen molar-refractivity contribution >= 4 is 56.2 Å². The van der Waals surface area contributed by atoms with Gasteiger partial charge in [-0.3, -0.25) is 19.1 Å². The highest BCUT2D eigenvalue weighted by atomic mass is 35.5. The molecule has 0 saturated heterocycles. The number of ether oxygens (including phenoxy) is 2. The van der Waals surface area contributed by atoms with Crippen molar-refractivity contribution in [1.82, 2.24) is 25.7 Å². The van der Waals surface area contributed by atoms with Crippen LogP contribution in [0.1, 0.15) is 83.7 Å². The van der Waals surface area contributed by atoms with Gasteiger partial charge < -0.3 is 25.4 Å². The molecule has 6 rings (SSSR count). The van der Waals surface area contributed by atoms with E-state index in [2.05, 4.69) is 25.7 Å². The topological polar surface area (TPSA) is 182 Å². The second kappa shape index (κ2) is 15.3. The Morgan fingerprint density at radius 1 is 0.981 bits per heavy atom. The van der Waals surface area contributed by atoms with E-state index in [9.17, 15) is 27.6 Å². The highest BCUT2D eigenvalue weighted by molar-refractivity contribution is 7.91. The van der Waals surface area contributed by atoms with E-state index in [0.29, 0.717) is 37.0 Å². The number of carbonyl (C=O) groups is 4. The van der Waals surface area contributed by atoms with Crippen LogP contribution in [0.4, 0.5) is 4.79 Å². The van der Waals surface area contributed by atoms with E-state index in [1.807, 2.05) is 36.4 Å². The van der Waals surface area contributed by atoms with Crippen LogP contribution >= 0.6 is 11.6 Å². The Balaban J connectivity index is 1.31. The molecule has 2 heterocycles. The third-order valence-corrected chi connectivity index (χ3v) is 11.4. The molecular weight excluding hydrogens is 722 g/mol. The molecule has 4 amide bonds. The molecule has 282 valence electrons. The van der Waals surface area contributed by atoms with Crippen molar-refractivity contribution < 1.29 is 37.1 Å². The molecule has 4 N–H and O–H groups in total. The number of carbonyl (C=O) groups excluding carboxylic acids is 4. The van der Waals surface area contributed by atoms with Crippen LogP contribution in [0, 0.1) is 5.92 Å². The standard InChI is InChI=1S/C38H44ClN5O8S/c1-37(2,3)52-36(48)40-29-14-8-6-4-5-7-12-25-22-38(25,35(47)44-53(49,50)27-19-20-27)43-33(46)31(42-32(29)45)23-15-17-26(18-16-23)51-34-28-13-10-9-11-24(28)21-30(39)41-34/h7,9-13,15-18,21,25,27,29,31H,4-6,8,14,19-20,22H2,1-3H3,(H,40,48)(H,42,45)(H,43,46)(H,44,47)/b12-7+/t25-,29+,31+,38-/m1/s1. The lowest BCUT2D eigenvalue weighted by Gasteiger charge is -2.27. The zero-order valence-corrected chi connectivity index (χ0v) is 31.4. The minimum absolute atomic E-state index is 0.179. The molecule has 0 spiro atoms. The summed E-state index contributed by atoms with van der Waals surface area (Å²) in [5.41, 5.74) is -2.02. The molecule has 3 aromatic rings. The Labute approximate surface area is 313 Å². The van der Waals surface area contributed by atoms with Gasteiger partial charge in [-0.1, -0.05) is 66.9 Å². The molecule has 0 unspecified atom stereocenters. The van der Waals surface area contributed by atoms with Gasteiger partial charge in [0, 0.05) is 11.3 Å². The normalized spacial score (nSPS) is 24.6. The first kappa shape index (κ1) is 38.0. The second-order valence-electron chi connectivity index (χ2n) is 14.8. The zero-order chi connectivity index (χ0) is 38.0. The number of hydrogen-bond acceptors (Lipinski definition) is 9. The lowest BCUT2D eigenvalue weighted by Crippen LogP contribution is -2.56. The summed E-state index contributed by atoms with van der Waals surface area (Å²) < 4.78 is 39.3. The van der Waals surface area contributed by atoms with Crippen LogP contribution in [0.5, 0.6) is 11.6 Å². The lowest BCUT2D eigenvalue weighted by molar-refractivity contribution is -0.133. The van der Waals surface area contributed by atoms with E-state index in [1.54, 1.807) is 51.1 Å². The highest BCUT2D eigenvalue weighted by Gasteiger charge is 2.61. The minimum atomic E-state index is -3.91. The van der Waals surface area contributed by atoms with E-state index in [-0.39, 0.29) is 23.9 Å². The number of nitrogens with zero attached hydrogens (tertiary/aromatic N) is 1. The van der Waals surface area contributed by atoms with E-state index < -0.39 is 68.2 Å². The van der Waals surface area contributed by atoms with E-state index in [4.69, 9.17) is 21.1 Å². The number of allylic oxidation sites excluding steroid dienone is 1. The third-order valence-electron chi connectivity index (χ3n) is 9.35. The molecule has 53 heavy (non-hydrogen) atoms. The van der Waals surface area contributed by atoms with E-state index in [1.165, 1.54) is 0 Å². The fourth-order valence-electron chi connectivity index (χ4n) is 6.32. The number of pyridine rings is 1. The van der Waals surface area contributed by atoms with Crippen LogP contribution < -0.4 is 25.4 Å². The first-order chi connectivity index (χ1) is 25.1. The third kappa shape index (κ3) is 9.46. The Kier molecular flexibility index (Phi) is 11.0. The van der Waals surface area contributed by atoms with Crippen molar-refractivity contribution in [1.29, 1.82) is 0 Å². The van der Waals surface area contributed by atoms with Crippen LogP contribution in [-0.2, 0) is 29.1 Å². The van der Waals surface area contributed by atoms with Gasteiger partial charge in [-0.25, -0.2) is 18.2 Å². The number of rotatable bonds is 7. The number of alkyl carbamates (subject to hydrolysis) is 1. The number of amides is 4. The van der Waals surface area contributed by atoms with Gasteiger partial charge in [0.15, 0.2) is 0 Å². The summed E-state index contributed by atoms with van der Waals surface area (Å²) in [6.07, 6.45) is 7.17. The number of hydrogen-bond donors (Lipinski definition) is 4. The Bertz CT molecular complexity index is 2030. The second-order valence-corrected chi connectivity index (χ2v) is 17.1. The van der Waals surface area contributed by atoms with Crippen LogP contribution in [0.25, 0.3) is 10.8 Å². The molecule has 2 saturated carbocycles. The number of nitrogens with one attached hydrogen (secondary N) is 4. The maximum atomic E-state index is 14.3.